The zero-order chi connectivity index (χ0) is 18.3. The molecule has 1 aromatic carbocycles. The molecule has 3 heterocycles. The van der Waals surface area contributed by atoms with Crippen LogP contribution in [0.15, 0.2) is 42.3 Å². The van der Waals surface area contributed by atoms with Crippen LogP contribution in [0.5, 0.6) is 11.5 Å². The molecule has 0 saturated carbocycles. The summed E-state index contributed by atoms with van der Waals surface area (Å²) in [5.41, 5.74) is 8.65. The number of aromatic amines is 1. The average molecular weight is 351 g/mol. The number of carbonyl (C=O) groups excluding carboxylic acids is 1. The van der Waals surface area contributed by atoms with Gasteiger partial charge in [-0.3, -0.25) is 4.79 Å². The van der Waals surface area contributed by atoms with Crippen LogP contribution in [0.1, 0.15) is 5.82 Å². The highest BCUT2D eigenvalue weighted by Gasteiger charge is 2.32. The number of aromatic nitrogens is 3. The van der Waals surface area contributed by atoms with Crippen LogP contribution >= 0.6 is 0 Å². The van der Waals surface area contributed by atoms with Crippen molar-refractivity contribution >= 4 is 28.2 Å². The molecule has 0 amide bonds. The van der Waals surface area contributed by atoms with E-state index in [-0.39, 0.29) is 12.3 Å². The number of nitrogens with two attached hydrogens (primary N) is 1. The van der Waals surface area contributed by atoms with Gasteiger partial charge in [0.25, 0.3) is 0 Å². The summed E-state index contributed by atoms with van der Waals surface area (Å²) >= 11 is 0. The van der Waals surface area contributed by atoms with Crippen LogP contribution in [-0.4, -0.2) is 41.5 Å². The number of pyridine rings is 1. The van der Waals surface area contributed by atoms with E-state index < -0.39 is 0 Å². The van der Waals surface area contributed by atoms with Crippen molar-refractivity contribution in [2.24, 2.45) is 5.73 Å². The van der Waals surface area contributed by atoms with Gasteiger partial charge < -0.3 is 25.1 Å². The maximum absolute atomic E-state index is 12.6. The number of benzene rings is 1. The second-order valence-corrected chi connectivity index (χ2v) is 5.80. The first-order chi connectivity index (χ1) is 12.6. The number of H-pyrrole nitrogens is 1. The van der Waals surface area contributed by atoms with Crippen molar-refractivity contribution in [3.8, 4) is 11.5 Å². The van der Waals surface area contributed by atoms with Crippen molar-refractivity contribution < 1.29 is 14.3 Å². The minimum Gasteiger partial charge on any atom is -0.497 e. The SMILES string of the molecule is COc1cc(OC)cc(N2CC(=O)C(c3nc4ncccc4[nH]3)=C2N)c1. The van der Waals surface area contributed by atoms with Gasteiger partial charge in [-0.05, 0) is 12.1 Å². The molecule has 0 atom stereocenters. The smallest absolute Gasteiger partial charge is 0.189 e. The normalized spacial score (nSPS) is 14.4. The summed E-state index contributed by atoms with van der Waals surface area (Å²) in [5.74, 6) is 1.84. The van der Waals surface area contributed by atoms with Crippen molar-refractivity contribution in [3.63, 3.8) is 0 Å². The Labute approximate surface area is 149 Å². The fraction of sp³-hybridized carbons (Fsp3) is 0.167. The number of imidazole rings is 1. The Hall–Kier alpha value is -3.55. The minimum absolute atomic E-state index is 0.113. The third-order valence-corrected chi connectivity index (χ3v) is 4.27. The van der Waals surface area contributed by atoms with E-state index >= 15 is 0 Å². The van der Waals surface area contributed by atoms with Gasteiger partial charge in [-0.15, -0.1) is 0 Å². The largest absolute Gasteiger partial charge is 0.497 e. The van der Waals surface area contributed by atoms with Gasteiger partial charge in [-0.25, -0.2) is 9.97 Å². The zero-order valence-electron chi connectivity index (χ0n) is 14.3. The van der Waals surface area contributed by atoms with Gasteiger partial charge in [-0.1, -0.05) is 0 Å². The van der Waals surface area contributed by atoms with Gasteiger partial charge >= 0.3 is 0 Å². The van der Waals surface area contributed by atoms with Crippen molar-refractivity contribution in [1.29, 1.82) is 0 Å². The minimum atomic E-state index is -0.122. The molecule has 0 aliphatic carbocycles. The fourth-order valence-corrected chi connectivity index (χ4v) is 2.98. The van der Waals surface area contributed by atoms with Crippen LogP contribution in [0, 0.1) is 0 Å². The van der Waals surface area contributed by atoms with Crippen molar-refractivity contribution in [2.45, 2.75) is 0 Å². The number of nitrogens with zero attached hydrogens (tertiary/aromatic N) is 3. The molecule has 4 rings (SSSR count). The van der Waals surface area contributed by atoms with E-state index in [1.54, 1.807) is 49.6 Å². The number of hydrogen-bond acceptors (Lipinski definition) is 7. The summed E-state index contributed by atoms with van der Waals surface area (Å²) in [6.07, 6.45) is 1.65. The quantitative estimate of drug-likeness (QED) is 0.736. The first kappa shape index (κ1) is 15.9. The number of methoxy groups -OCH3 is 2. The maximum atomic E-state index is 12.6. The van der Waals surface area contributed by atoms with E-state index in [1.165, 1.54) is 0 Å². The number of ether oxygens (including phenoxy) is 2. The van der Waals surface area contributed by atoms with Crippen LogP contribution in [0.25, 0.3) is 16.7 Å². The molecule has 0 saturated heterocycles. The summed E-state index contributed by atoms with van der Waals surface area (Å²) in [7, 11) is 3.14. The van der Waals surface area contributed by atoms with E-state index in [1.807, 2.05) is 6.07 Å². The van der Waals surface area contributed by atoms with Crippen molar-refractivity contribution in [1.82, 2.24) is 15.0 Å². The number of hydrogen-bond donors (Lipinski definition) is 2. The number of Topliss-reactive ketones (excluding diaryl/α,β-unsaturated/α-hetero) is 1. The lowest BCUT2D eigenvalue weighted by atomic mass is 10.2. The predicted octanol–water partition coefficient (Wildman–Crippen LogP) is 1.69. The van der Waals surface area contributed by atoms with Gasteiger partial charge in [0.05, 0.1) is 32.0 Å². The molecule has 1 aliphatic rings. The van der Waals surface area contributed by atoms with Gasteiger partial charge in [0.2, 0.25) is 0 Å². The Balaban J connectivity index is 1.79. The van der Waals surface area contributed by atoms with Crippen molar-refractivity contribution in [2.75, 3.05) is 25.7 Å². The third kappa shape index (κ3) is 2.52. The summed E-state index contributed by atoms with van der Waals surface area (Å²) in [4.78, 5) is 26.0. The molecule has 8 heteroatoms. The number of ketones is 1. The Bertz CT molecular complexity index is 985. The van der Waals surface area contributed by atoms with Crippen LogP contribution in [0.4, 0.5) is 5.69 Å². The van der Waals surface area contributed by atoms with Gasteiger partial charge in [0.1, 0.15) is 28.7 Å². The number of carbonyl (C=O) groups is 1. The molecule has 1 aliphatic heterocycles. The summed E-state index contributed by atoms with van der Waals surface area (Å²) in [6.45, 7) is 0.113. The zero-order valence-corrected chi connectivity index (χ0v) is 14.3. The highest BCUT2D eigenvalue weighted by Crippen LogP contribution is 2.34. The number of fused-ring (bicyclic) bond motifs is 1. The van der Waals surface area contributed by atoms with Gasteiger partial charge in [0, 0.05) is 24.4 Å². The standard InChI is InChI=1S/C18H17N5O3/c1-25-11-6-10(7-12(8-11)26-2)23-9-14(24)15(16(23)19)18-21-13-4-3-5-20-17(13)22-18/h3-8H,9,19H2,1-2H3,(H,20,21,22). The number of rotatable bonds is 4. The molecule has 0 radical (unpaired) electrons. The topological polar surface area (TPSA) is 106 Å². The molecule has 0 fully saturated rings. The van der Waals surface area contributed by atoms with E-state index in [0.29, 0.717) is 40.1 Å². The first-order valence-corrected chi connectivity index (χ1v) is 7.95. The predicted molar refractivity (Wildman–Crippen MR) is 96.9 cm³/mol. The summed E-state index contributed by atoms with van der Waals surface area (Å²) in [6, 6.07) is 9.00. The Kier molecular flexibility index (Phi) is 3.72. The number of nitrogens with one attached hydrogen (secondary N) is 1. The highest BCUT2D eigenvalue weighted by molar-refractivity contribution is 6.26. The van der Waals surface area contributed by atoms with Crippen LogP contribution < -0.4 is 20.1 Å². The molecule has 26 heavy (non-hydrogen) atoms. The Morgan fingerprint density at radius 2 is 1.92 bits per heavy atom. The molecule has 0 spiro atoms. The first-order valence-electron chi connectivity index (χ1n) is 7.95. The summed E-state index contributed by atoms with van der Waals surface area (Å²) < 4.78 is 10.6. The molecule has 0 bridgehead atoms. The number of anilines is 1. The highest BCUT2D eigenvalue weighted by atomic mass is 16.5. The molecule has 2 aromatic heterocycles. The lowest BCUT2D eigenvalue weighted by molar-refractivity contribution is -0.112. The van der Waals surface area contributed by atoms with E-state index in [9.17, 15) is 4.79 Å². The molecule has 0 unspecified atom stereocenters. The van der Waals surface area contributed by atoms with E-state index in [0.717, 1.165) is 5.52 Å². The lowest BCUT2D eigenvalue weighted by Crippen LogP contribution is -2.25. The van der Waals surface area contributed by atoms with Crippen LogP contribution in [0.3, 0.4) is 0 Å². The second kappa shape index (κ2) is 6.07. The maximum Gasteiger partial charge on any atom is 0.189 e. The Morgan fingerprint density at radius 1 is 1.19 bits per heavy atom. The molecular weight excluding hydrogens is 334 g/mol. The molecule has 3 aromatic rings. The molecule has 8 nitrogen and oxygen atoms in total. The Morgan fingerprint density at radius 3 is 2.58 bits per heavy atom. The molecular formula is C18H17N5O3. The van der Waals surface area contributed by atoms with Gasteiger partial charge in [0.15, 0.2) is 11.4 Å². The molecule has 132 valence electrons. The van der Waals surface area contributed by atoms with Gasteiger partial charge in [-0.2, -0.15) is 0 Å². The molecule has 3 N–H and O–H groups in total. The fourth-order valence-electron chi connectivity index (χ4n) is 2.98. The van der Waals surface area contributed by atoms with Crippen molar-refractivity contribution in [3.05, 3.63) is 48.2 Å². The average Bonchev–Trinajstić information content (AvgIpc) is 3.21. The van der Waals surface area contributed by atoms with Crippen LogP contribution in [-0.2, 0) is 4.79 Å². The third-order valence-electron chi connectivity index (χ3n) is 4.27. The lowest BCUT2D eigenvalue weighted by Gasteiger charge is -2.20. The van der Waals surface area contributed by atoms with E-state index in [2.05, 4.69) is 15.0 Å². The summed E-state index contributed by atoms with van der Waals surface area (Å²) in [5, 5.41) is 0. The second-order valence-electron chi connectivity index (χ2n) is 5.80. The van der Waals surface area contributed by atoms with E-state index in [4.69, 9.17) is 15.2 Å². The monoisotopic (exact) mass is 351 g/mol. The van der Waals surface area contributed by atoms with Crippen LogP contribution in [0.2, 0.25) is 0 Å².